The molecule has 144 valence electrons. The number of hydrogen-bond donors (Lipinski definition) is 2. The zero-order chi connectivity index (χ0) is 19.9. The quantitative estimate of drug-likeness (QED) is 0.412. The van der Waals surface area contributed by atoms with E-state index >= 15 is 0 Å². The summed E-state index contributed by atoms with van der Waals surface area (Å²) in [6, 6.07) is 22.6. The van der Waals surface area contributed by atoms with Gasteiger partial charge in [0.05, 0.1) is 17.3 Å². The molecule has 0 saturated carbocycles. The Balaban J connectivity index is 1.21. The fourth-order valence-electron chi connectivity index (χ4n) is 3.57. The smallest absolute Gasteiger partial charge is 0.0991 e. The van der Waals surface area contributed by atoms with Crippen LogP contribution < -0.4 is 5.32 Å². The van der Waals surface area contributed by atoms with Crippen LogP contribution in [0.1, 0.15) is 29.7 Å². The van der Waals surface area contributed by atoms with E-state index in [1.807, 2.05) is 42.6 Å². The first-order chi connectivity index (χ1) is 14.3. The van der Waals surface area contributed by atoms with Crippen molar-refractivity contribution in [1.82, 2.24) is 15.3 Å². The third-order valence-electron chi connectivity index (χ3n) is 5.18. The van der Waals surface area contributed by atoms with Crippen LogP contribution in [0.15, 0.2) is 73.1 Å². The average Bonchev–Trinajstić information content (AvgIpc) is 3.19. The second-order valence-corrected chi connectivity index (χ2v) is 7.22. The Morgan fingerprint density at radius 1 is 0.966 bits per heavy atom. The second-order valence-electron chi connectivity index (χ2n) is 7.22. The Morgan fingerprint density at radius 2 is 1.86 bits per heavy atom. The van der Waals surface area contributed by atoms with Gasteiger partial charge >= 0.3 is 0 Å². The maximum Gasteiger partial charge on any atom is 0.0991 e. The second kappa shape index (κ2) is 9.18. The lowest BCUT2D eigenvalue weighted by Gasteiger charge is -2.06. The maximum absolute atomic E-state index is 9.09. The third kappa shape index (κ3) is 4.71. The highest BCUT2D eigenvalue weighted by atomic mass is 14.9. The molecule has 4 nitrogen and oxygen atoms in total. The molecule has 0 aliphatic heterocycles. The molecule has 0 spiro atoms. The van der Waals surface area contributed by atoms with E-state index in [1.165, 1.54) is 16.5 Å². The number of nitriles is 1. The van der Waals surface area contributed by atoms with Crippen molar-refractivity contribution >= 4 is 10.9 Å². The molecular weight excluding hydrogens is 356 g/mol. The zero-order valence-corrected chi connectivity index (χ0v) is 16.4. The first-order valence-electron chi connectivity index (χ1n) is 10.0. The summed E-state index contributed by atoms with van der Waals surface area (Å²) in [6.07, 6.45) is 7.24. The zero-order valence-electron chi connectivity index (χ0n) is 16.4. The number of aryl methyl sites for hydroxylation is 1. The van der Waals surface area contributed by atoms with E-state index in [2.05, 4.69) is 51.8 Å². The van der Waals surface area contributed by atoms with Crippen molar-refractivity contribution in [2.45, 2.75) is 25.8 Å². The van der Waals surface area contributed by atoms with E-state index in [0.717, 1.165) is 49.1 Å². The summed E-state index contributed by atoms with van der Waals surface area (Å²) in [4.78, 5) is 7.87. The van der Waals surface area contributed by atoms with Gasteiger partial charge in [0.1, 0.15) is 0 Å². The van der Waals surface area contributed by atoms with Crippen LogP contribution in [-0.2, 0) is 13.0 Å². The molecule has 2 N–H and O–H groups in total. The molecule has 0 saturated heterocycles. The molecule has 0 aliphatic carbocycles. The fourth-order valence-corrected chi connectivity index (χ4v) is 3.57. The Morgan fingerprint density at radius 3 is 2.66 bits per heavy atom. The number of rotatable bonds is 8. The van der Waals surface area contributed by atoms with E-state index < -0.39 is 0 Å². The lowest BCUT2D eigenvalue weighted by molar-refractivity contribution is 0.617. The van der Waals surface area contributed by atoms with Gasteiger partial charge in [-0.25, -0.2) is 0 Å². The Bertz CT molecular complexity index is 1110. The molecule has 0 bridgehead atoms. The number of unbranched alkanes of at least 4 members (excludes halogenated alkanes) is 1. The van der Waals surface area contributed by atoms with Crippen LogP contribution >= 0.6 is 0 Å². The molecule has 0 fully saturated rings. The Hall–Kier alpha value is -3.42. The van der Waals surface area contributed by atoms with Crippen molar-refractivity contribution in [1.29, 1.82) is 5.26 Å². The van der Waals surface area contributed by atoms with Crippen LogP contribution in [0.5, 0.6) is 0 Å². The van der Waals surface area contributed by atoms with Gasteiger partial charge in [0.25, 0.3) is 0 Å². The molecule has 4 rings (SSSR count). The van der Waals surface area contributed by atoms with Gasteiger partial charge in [-0.2, -0.15) is 5.26 Å². The van der Waals surface area contributed by atoms with Crippen molar-refractivity contribution < 1.29 is 0 Å². The van der Waals surface area contributed by atoms with Gasteiger partial charge in [-0.05, 0) is 61.2 Å². The minimum Gasteiger partial charge on any atom is -0.361 e. The van der Waals surface area contributed by atoms with Crippen molar-refractivity contribution in [2.24, 2.45) is 0 Å². The molecule has 4 aromatic rings. The molecule has 2 aromatic heterocycles. The highest BCUT2D eigenvalue weighted by Gasteiger charge is 2.05. The van der Waals surface area contributed by atoms with E-state index in [9.17, 15) is 0 Å². The van der Waals surface area contributed by atoms with Crippen LogP contribution in [0.2, 0.25) is 0 Å². The highest BCUT2D eigenvalue weighted by molar-refractivity contribution is 5.84. The predicted octanol–water partition coefficient (Wildman–Crippen LogP) is 5.21. The Kier molecular flexibility index (Phi) is 5.99. The van der Waals surface area contributed by atoms with Gasteiger partial charge in [0, 0.05) is 35.4 Å². The summed E-state index contributed by atoms with van der Waals surface area (Å²) in [5, 5.41) is 13.7. The first-order valence-corrected chi connectivity index (χ1v) is 10.0. The number of pyridine rings is 1. The molecule has 0 radical (unpaired) electrons. The standard InChI is InChI=1S/C25H24N4/c26-15-19-9-12-25-24(14-19)22(17-29-25)8-4-5-13-27-18-23-11-10-21(16-28-23)20-6-2-1-3-7-20/h1-3,6-7,9-12,14,16-17,27,29H,4-5,8,13,18H2. The van der Waals surface area contributed by atoms with E-state index in [-0.39, 0.29) is 0 Å². The molecule has 29 heavy (non-hydrogen) atoms. The molecule has 0 amide bonds. The minimum absolute atomic E-state index is 0.714. The largest absolute Gasteiger partial charge is 0.361 e. The number of aromatic amines is 1. The number of benzene rings is 2. The van der Waals surface area contributed by atoms with Gasteiger partial charge in [-0.15, -0.1) is 0 Å². The topological polar surface area (TPSA) is 64.5 Å². The SMILES string of the molecule is N#Cc1ccc2[nH]cc(CCCCNCc3ccc(-c4ccccc4)cn3)c2c1. The van der Waals surface area contributed by atoms with E-state index in [4.69, 9.17) is 5.26 Å². The molecule has 0 atom stereocenters. The first kappa shape index (κ1) is 18.9. The summed E-state index contributed by atoms with van der Waals surface area (Å²) in [5.74, 6) is 0. The number of nitrogens with zero attached hydrogens (tertiary/aromatic N) is 2. The monoisotopic (exact) mass is 380 g/mol. The third-order valence-corrected chi connectivity index (χ3v) is 5.18. The fraction of sp³-hybridized carbons (Fsp3) is 0.200. The van der Waals surface area contributed by atoms with Crippen molar-refractivity contribution in [3.8, 4) is 17.2 Å². The van der Waals surface area contributed by atoms with Gasteiger partial charge < -0.3 is 10.3 Å². The molecule has 4 heteroatoms. The van der Waals surface area contributed by atoms with E-state index in [0.29, 0.717) is 5.56 Å². The van der Waals surface area contributed by atoms with Crippen molar-refractivity contribution in [3.05, 3.63) is 89.9 Å². The van der Waals surface area contributed by atoms with Crippen LogP contribution in [0, 0.1) is 11.3 Å². The summed E-state index contributed by atoms with van der Waals surface area (Å²) >= 11 is 0. The molecule has 2 heterocycles. The summed E-state index contributed by atoms with van der Waals surface area (Å²) in [6.45, 7) is 1.75. The van der Waals surface area contributed by atoms with Crippen LogP contribution in [0.4, 0.5) is 0 Å². The normalized spacial score (nSPS) is 10.9. The van der Waals surface area contributed by atoms with Crippen molar-refractivity contribution in [3.63, 3.8) is 0 Å². The predicted molar refractivity (Wildman–Crippen MR) is 117 cm³/mol. The number of aromatic nitrogens is 2. The Labute approximate surface area is 171 Å². The van der Waals surface area contributed by atoms with Gasteiger partial charge in [-0.3, -0.25) is 4.98 Å². The molecule has 0 unspecified atom stereocenters. The van der Waals surface area contributed by atoms with Crippen molar-refractivity contribution in [2.75, 3.05) is 6.54 Å². The average molecular weight is 380 g/mol. The number of fused-ring (bicyclic) bond motifs is 1. The summed E-state index contributed by atoms with van der Waals surface area (Å²) in [7, 11) is 0. The maximum atomic E-state index is 9.09. The summed E-state index contributed by atoms with van der Waals surface area (Å²) in [5.41, 5.74) is 6.50. The molecule has 0 aliphatic rings. The number of H-pyrrole nitrogens is 1. The molecule has 2 aromatic carbocycles. The number of nitrogens with one attached hydrogen (secondary N) is 2. The van der Waals surface area contributed by atoms with Crippen LogP contribution in [-0.4, -0.2) is 16.5 Å². The van der Waals surface area contributed by atoms with Crippen LogP contribution in [0.3, 0.4) is 0 Å². The minimum atomic E-state index is 0.714. The van der Waals surface area contributed by atoms with Gasteiger partial charge in [0.15, 0.2) is 0 Å². The summed E-state index contributed by atoms with van der Waals surface area (Å²) < 4.78 is 0. The lowest BCUT2D eigenvalue weighted by atomic mass is 10.1. The van der Waals surface area contributed by atoms with E-state index in [1.54, 1.807) is 0 Å². The van der Waals surface area contributed by atoms with Crippen LogP contribution in [0.25, 0.3) is 22.0 Å². The number of hydrogen-bond acceptors (Lipinski definition) is 3. The molecular formula is C25H24N4. The van der Waals surface area contributed by atoms with Gasteiger partial charge in [-0.1, -0.05) is 36.4 Å². The van der Waals surface area contributed by atoms with Gasteiger partial charge in [0.2, 0.25) is 0 Å². The lowest BCUT2D eigenvalue weighted by Crippen LogP contribution is -2.15. The highest BCUT2D eigenvalue weighted by Crippen LogP contribution is 2.21.